The lowest BCUT2D eigenvalue weighted by Crippen LogP contribution is -2.17. The predicted molar refractivity (Wildman–Crippen MR) is 104 cm³/mol. The zero-order valence-electron chi connectivity index (χ0n) is 14.0. The molecule has 25 heavy (non-hydrogen) atoms. The molecule has 0 aliphatic carbocycles. The monoisotopic (exact) mass is 396 g/mol. The van der Waals surface area contributed by atoms with Crippen LogP contribution in [0.3, 0.4) is 0 Å². The van der Waals surface area contributed by atoms with Crippen molar-refractivity contribution in [3.63, 3.8) is 0 Å². The molecule has 0 spiro atoms. The van der Waals surface area contributed by atoms with Crippen LogP contribution >= 0.6 is 34.5 Å². The number of thiophene rings is 1. The van der Waals surface area contributed by atoms with Crippen LogP contribution in [0.2, 0.25) is 5.15 Å². The summed E-state index contributed by atoms with van der Waals surface area (Å²) in [5.74, 6) is 0.397. The molecule has 2 atom stereocenters. The van der Waals surface area contributed by atoms with Gasteiger partial charge in [0.2, 0.25) is 0 Å². The molecule has 0 amide bonds. The second-order valence-electron chi connectivity index (χ2n) is 5.82. The van der Waals surface area contributed by atoms with Crippen LogP contribution in [-0.4, -0.2) is 28.4 Å². The summed E-state index contributed by atoms with van der Waals surface area (Å²) in [6, 6.07) is 8.08. The van der Waals surface area contributed by atoms with E-state index in [1.807, 2.05) is 18.2 Å². The van der Waals surface area contributed by atoms with Crippen LogP contribution in [0, 0.1) is 0 Å². The lowest BCUT2D eigenvalue weighted by atomic mass is 9.98. The Morgan fingerprint density at radius 1 is 1.28 bits per heavy atom. The van der Waals surface area contributed by atoms with Crippen molar-refractivity contribution >= 4 is 60.8 Å². The highest BCUT2D eigenvalue weighted by Crippen LogP contribution is 2.37. The summed E-state index contributed by atoms with van der Waals surface area (Å²) >= 11 is 14.1. The maximum Gasteiger partial charge on any atom is 0.323 e. The summed E-state index contributed by atoms with van der Waals surface area (Å²) in [7, 11) is 1.34. The third-order valence-electron chi connectivity index (χ3n) is 4.30. The van der Waals surface area contributed by atoms with Crippen LogP contribution in [0.1, 0.15) is 37.9 Å². The van der Waals surface area contributed by atoms with E-state index in [1.54, 1.807) is 11.3 Å². The van der Waals surface area contributed by atoms with E-state index in [9.17, 15) is 4.79 Å². The van der Waals surface area contributed by atoms with Crippen molar-refractivity contribution in [3.05, 3.63) is 35.2 Å². The topological polar surface area (TPSA) is 52.1 Å². The van der Waals surface area contributed by atoms with Gasteiger partial charge in [0.15, 0.2) is 0 Å². The van der Waals surface area contributed by atoms with Gasteiger partial charge in [-0.3, -0.25) is 4.79 Å². The summed E-state index contributed by atoms with van der Waals surface area (Å²) in [6.07, 6.45) is 2.06. The Hall–Kier alpha value is -1.43. The largest absolute Gasteiger partial charge is 0.468 e. The fraction of sp³-hybridized carbons (Fsp3) is 0.389. The standard InChI is InChI=1S/C18H18Cl2N2O2S/c1-3-10(8-9-12(19)18(23)24-2)16-21-15(20)14-11-6-4-5-7-13(11)25-17(14)22-16/h4-7,10,12H,3,8-9H2,1-2H3. The molecule has 0 bridgehead atoms. The van der Waals surface area contributed by atoms with Crippen LogP contribution < -0.4 is 0 Å². The highest BCUT2D eigenvalue weighted by molar-refractivity contribution is 7.25. The molecule has 2 unspecified atom stereocenters. The molecule has 1 aromatic carbocycles. The fourth-order valence-corrected chi connectivity index (χ4v) is 4.52. The number of ether oxygens (including phenoxy) is 1. The second kappa shape index (κ2) is 7.85. The van der Waals surface area contributed by atoms with Crippen molar-refractivity contribution in [2.45, 2.75) is 37.5 Å². The molecule has 0 saturated heterocycles. The highest BCUT2D eigenvalue weighted by atomic mass is 35.5. The van der Waals surface area contributed by atoms with Crippen molar-refractivity contribution in [1.29, 1.82) is 0 Å². The van der Waals surface area contributed by atoms with E-state index < -0.39 is 11.3 Å². The molecule has 7 heteroatoms. The van der Waals surface area contributed by atoms with Gasteiger partial charge in [-0.2, -0.15) is 0 Å². The molecule has 2 aromatic heterocycles. The first-order chi connectivity index (χ1) is 12.0. The molecule has 0 aliphatic rings. The zero-order chi connectivity index (χ0) is 18.0. The Kier molecular flexibility index (Phi) is 5.77. The Morgan fingerprint density at radius 3 is 2.76 bits per heavy atom. The Morgan fingerprint density at radius 2 is 2.04 bits per heavy atom. The first-order valence-electron chi connectivity index (χ1n) is 8.11. The number of methoxy groups -OCH3 is 1. The molecule has 2 heterocycles. The number of alkyl halides is 1. The van der Waals surface area contributed by atoms with E-state index >= 15 is 0 Å². The van der Waals surface area contributed by atoms with Gasteiger partial charge in [-0.1, -0.05) is 36.7 Å². The number of aromatic nitrogens is 2. The average Bonchev–Trinajstić information content (AvgIpc) is 3.00. The third-order valence-corrected chi connectivity index (χ3v) is 6.03. The number of hydrogen-bond donors (Lipinski definition) is 0. The normalized spacial score (nSPS) is 13.9. The molecule has 0 saturated carbocycles. The SMILES string of the molecule is CCC(CCC(Cl)C(=O)OC)c1nc(Cl)c2c(n1)sc1ccccc12. The minimum Gasteiger partial charge on any atom is -0.468 e. The number of hydrogen-bond acceptors (Lipinski definition) is 5. The Labute approximate surface area is 160 Å². The number of carbonyl (C=O) groups is 1. The van der Waals surface area contributed by atoms with Crippen molar-refractivity contribution in [2.24, 2.45) is 0 Å². The van der Waals surface area contributed by atoms with Crippen LogP contribution in [-0.2, 0) is 9.53 Å². The average molecular weight is 397 g/mol. The molecule has 3 aromatic rings. The Bertz CT molecular complexity index is 913. The maximum absolute atomic E-state index is 11.5. The molecule has 0 radical (unpaired) electrons. The minimum absolute atomic E-state index is 0.0954. The van der Waals surface area contributed by atoms with Gasteiger partial charge in [-0.05, 0) is 25.3 Å². The smallest absolute Gasteiger partial charge is 0.323 e. The van der Waals surface area contributed by atoms with Gasteiger partial charge in [0.1, 0.15) is 21.2 Å². The van der Waals surface area contributed by atoms with Crippen molar-refractivity contribution in [3.8, 4) is 0 Å². The van der Waals surface area contributed by atoms with Crippen LogP contribution in [0.15, 0.2) is 24.3 Å². The molecular weight excluding hydrogens is 379 g/mol. The van der Waals surface area contributed by atoms with E-state index in [1.165, 1.54) is 7.11 Å². The number of benzene rings is 1. The molecule has 4 nitrogen and oxygen atoms in total. The van der Waals surface area contributed by atoms with E-state index in [0.29, 0.717) is 23.8 Å². The Balaban J connectivity index is 1.91. The molecule has 132 valence electrons. The number of halogens is 2. The van der Waals surface area contributed by atoms with Crippen LogP contribution in [0.25, 0.3) is 20.3 Å². The number of carbonyl (C=O) groups excluding carboxylic acids is 1. The first kappa shape index (κ1) is 18.4. The molecule has 0 fully saturated rings. The summed E-state index contributed by atoms with van der Waals surface area (Å²) in [5, 5.41) is 1.82. The minimum atomic E-state index is -0.650. The van der Waals surface area contributed by atoms with Gasteiger partial charge in [-0.15, -0.1) is 22.9 Å². The lowest BCUT2D eigenvalue weighted by molar-refractivity contribution is -0.140. The number of fused-ring (bicyclic) bond motifs is 3. The number of nitrogens with zero attached hydrogens (tertiary/aromatic N) is 2. The van der Waals surface area contributed by atoms with Gasteiger partial charge in [0.05, 0.1) is 12.5 Å². The van der Waals surface area contributed by atoms with Crippen molar-refractivity contribution in [1.82, 2.24) is 9.97 Å². The van der Waals surface area contributed by atoms with E-state index in [2.05, 4.69) is 22.7 Å². The van der Waals surface area contributed by atoms with Gasteiger partial charge in [0.25, 0.3) is 0 Å². The van der Waals surface area contributed by atoms with Crippen molar-refractivity contribution in [2.75, 3.05) is 7.11 Å². The summed E-state index contributed by atoms with van der Waals surface area (Å²) in [5.41, 5.74) is 0. The third kappa shape index (κ3) is 3.73. The first-order valence-corrected chi connectivity index (χ1v) is 9.74. The van der Waals surface area contributed by atoms with Crippen LogP contribution in [0.5, 0.6) is 0 Å². The number of rotatable bonds is 6. The molecular formula is C18H18Cl2N2O2S. The van der Waals surface area contributed by atoms with Crippen LogP contribution in [0.4, 0.5) is 0 Å². The van der Waals surface area contributed by atoms with Gasteiger partial charge >= 0.3 is 5.97 Å². The predicted octanol–water partition coefficient (Wildman–Crippen LogP) is 5.55. The zero-order valence-corrected chi connectivity index (χ0v) is 16.3. The lowest BCUT2D eigenvalue weighted by Gasteiger charge is -2.15. The summed E-state index contributed by atoms with van der Waals surface area (Å²) in [6.45, 7) is 2.07. The molecule has 0 aliphatic heterocycles. The van der Waals surface area contributed by atoms with Gasteiger partial charge in [0, 0.05) is 16.0 Å². The van der Waals surface area contributed by atoms with Crippen molar-refractivity contribution < 1.29 is 9.53 Å². The van der Waals surface area contributed by atoms with Gasteiger partial charge < -0.3 is 4.74 Å². The molecule has 0 N–H and O–H groups in total. The quantitative estimate of drug-likeness (QED) is 0.311. The number of esters is 1. The second-order valence-corrected chi connectivity index (χ2v) is 7.74. The highest BCUT2D eigenvalue weighted by Gasteiger charge is 2.22. The van der Waals surface area contributed by atoms with E-state index in [4.69, 9.17) is 28.2 Å². The van der Waals surface area contributed by atoms with E-state index in [-0.39, 0.29) is 5.92 Å². The molecule has 3 rings (SSSR count). The maximum atomic E-state index is 11.5. The summed E-state index contributed by atoms with van der Waals surface area (Å²) < 4.78 is 5.82. The summed E-state index contributed by atoms with van der Waals surface area (Å²) in [4.78, 5) is 21.7. The fourth-order valence-electron chi connectivity index (χ4n) is 2.89. The van der Waals surface area contributed by atoms with Gasteiger partial charge in [-0.25, -0.2) is 9.97 Å². The van der Waals surface area contributed by atoms with E-state index in [0.717, 1.165) is 26.7 Å².